The van der Waals surface area contributed by atoms with Crippen LogP contribution in [0.25, 0.3) is 0 Å². The molecule has 2 aromatic rings. The fourth-order valence-electron chi connectivity index (χ4n) is 1.50. The monoisotopic (exact) mass is 219 g/mol. The van der Waals surface area contributed by atoms with E-state index in [1.807, 2.05) is 19.2 Å². The lowest BCUT2D eigenvalue weighted by Gasteiger charge is -2.03. The predicted octanol–water partition coefficient (Wildman–Crippen LogP) is 2.09. The average Bonchev–Trinajstić information content (AvgIpc) is 2.70. The maximum atomic E-state index is 13.4. The van der Waals surface area contributed by atoms with Crippen LogP contribution in [0.3, 0.4) is 0 Å². The highest BCUT2D eigenvalue weighted by Crippen LogP contribution is 2.11. The van der Waals surface area contributed by atoms with Crippen molar-refractivity contribution in [3.8, 4) is 0 Å². The molecule has 1 atom stereocenters. The van der Waals surface area contributed by atoms with Crippen molar-refractivity contribution < 1.29 is 4.39 Å². The number of nitrogens with two attached hydrogens (primary N) is 1. The molecule has 2 N–H and O–H groups in total. The summed E-state index contributed by atoms with van der Waals surface area (Å²) in [7, 11) is 0. The molecule has 0 aliphatic heterocycles. The molecule has 1 aromatic heterocycles. The van der Waals surface area contributed by atoms with Crippen molar-refractivity contribution in [3.63, 3.8) is 0 Å². The van der Waals surface area contributed by atoms with E-state index in [2.05, 4.69) is 5.10 Å². The molecule has 0 radical (unpaired) electrons. The van der Waals surface area contributed by atoms with Crippen molar-refractivity contribution in [2.24, 2.45) is 5.73 Å². The molecule has 16 heavy (non-hydrogen) atoms. The number of hydrogen-bond donors (Lipinski definition) is 1. The van der Waals surface area contributed by atoms with Crippen LogP contribution in [0.1, 0.15) is 24.1 Å². The first-order valence-electron chi connectivity index (χ1n) is 5.18. The highest BCUT2D eigenvalue weighted by Gasteiger charge is 2.05. The lowest BCUT2D eigenvalue weighted by atomic mass is 10.2. The van der Waals surface area contributed by atoms with Gasteiger partial charge < -0.3 is 5.73 Å². The third-order valence-corrected chi connectivity index (χ3v) is 2.47. The van der Waals surface area contributed by atoms with E-state index in [4.69, 9.17) is 5.73 Å². The Hall–Kier alpha value is -1.68. The van der Waals surface area contributed by atoms with E-state index in [-0.39, 0.29) is 11.9 Å². The van der Waals surface area contributed by atoms with E-state index in [1.165, 1.54) is 6.07 Å². The summed E-state index contributed by atoms with van der Waals surface area (Å²) >= 11 is 0. The molecule has 0 aliphatic rings. The van der Waals surface area contributed by atoms with Crippen LogP contribution in [0.2, 0.25) is 0 Å². The van der Waals surface area contributed by atoms with Crippen molar-refractivity contribution in [3.05, 3.63) is 53.6 Å². The fraction of sp³-hybridized carbons (Fsp3) is 0.250. The van der Waals surface area contributed by atoms with Gasteiger partial charge in [0.25, 0.3) is 0 Å². The Balaban J connectivity index is 2.18. The number of rotatable bonds is 3. The van der Waals surface area contributed by atoms with Gasteiger partial charge >= 0.3 is 0 Å². The van der Waals surface area contributed by atoms with Gasteiger partial charge in [0.15, 0.2) is 0 Å². The van der Waals surface area contributed by atoms with Crippen molar-refractivity contribution in [2.75, 3.05) is 0 Å². The second-order valence-electron chi connectivity index (χ2n) is 3.85. The molecule has 84 valence electrons. The number of halogens is 1. The molecule has 0 fully saturated rings. The van der Waals surface area contributed by atoms with Crippen LogP contribution in [-0.4, -0.2) is 9.78 Å². The van der Waals surface area contributed by atoms with E-state index < -0.39 is 0 Å². The van der Waals surface area contributed by atoms with E-state index in [0.717, 1.165) is 5.56 Å². The third kappa shape index (κ3) is 2.28. The molecule has 3 nitrogen and oxygen atoms in total. The molecule has 0 spiro atoms. The van der Waals surface area contributed by atoms with Gasteiger partial charge in [0, 0.05) is 23.4 Å². The lowest BCUT2D eigenvalue weighted by molar-refractivity contribution is 0.585. The van der Waals surface area contributed by atoms with Gasteiger partial charge in [0.05, 0.1) is 12.7 Å². The maximum Gasteiger partial charge on any atom is 0.128 e. The minimum atomic E-state index is -0.208. The molecule has 0 unspecified atom stereocenters. The molecule has 0 saturated carbocycles. The highest BCUT2D eigenvalue weighted by atomic mass is 19.1. The third-order valence-electron chi connectivity index (χ3n) is 2.47. The van der Waals surface area contributed by atoms with Gasteiger partial charge in [0.2, 0.25) is 0 Å². The van der Waals surface area contributed by atoms with Crippen LogP contribution in [0.15, 0.2) is 36.7 Å². The first kappa shape index (κ1) is 10.8. The normalized spacial score (nSPS) is 12.7. The standard InChI is InChI=1S/C12H14FN3/c1-9(14)11-6-15-16(8-11)7-10-4-2-3-5-12(10)13/h2-6,8-9H,7,14H2,1H3/t9-/m0/s1. The zero-order valence-corrected chi connectivity index (χ0v) is 9.10. The van der Waals surface area contributed by atoms with Crippen LogP contribution >= 0.6 is 0 Å². The molecule has 0 saturated heterocycles. The molecule has 1 heterocycles. The summed E-state index contributed by atoms with van der Waals surface area (Å²) in [5, 5.41) is 4.14. The Bertz CT molecular complexity index is 477. The largest absolute Gasteiger partial charge is 0.324 e. The Morgan fingerprint density at radius 1 is 1.44 bits per heavy atom. The number of benzene rings is 1. The molecule has 0 amide bonds. The van der Waals surface area contributed by atoms with Crippen LogP contribution in [0.4, 0.5) is 4.39 Å². The molecule has 0 bridgehead atoms. The van der Waals surface area contributed by atoms with Crippen LogP contribution in [-0.2, 0) is 6.54 Å². The SMILES string of the molecule is C[C@H](N)c1cnn(Cc2ccccc2F)c1. The van der Waals surface area contributed by atoms with Crippen LogP contribution in [0.5, 0.6) is 0 Å². The fourth-order valence-corrected chi connectivity index (χ4v) is 1.50. The van der Waals surface area contributed by atoms with Gasteiger partial charge in [0.1, 0.15) is 5.82 Å². The first-order valence-corrected chi connectivity index (χ1v) is 5.18. The lowest BCUT2D eigenvalue weighted by Crippen LogP contribution is -2.04. The van der Waals surface area contributed by atoms with Gasteiger partial charge in [-0.25, -0.2) is 4.39 Å². The summed E-state index contributed by atoms with van der Waals surface area (Å²) in [6.45, 7) is 2.32. The summed E-state index contributed by atoms with van der Waals surface area (Å²) in [6.07, 6.45) is 3.56. The van der Waals surface area contributed by atoms with Gasteiger partial charge in [-0.3, -0.25) is 4.68 Å². The quantitative estimate of drug-likeness (QED) is 0.859. The number of aromatic nitrogens is 2. The first-order chi connectivity index (χ1) is 7.66. The van der Waals surface area contributed by atoms with Crippen molar-refractivity contribution in [1.82, 2.24) is 9.78 Å². The highest BCUT2D eigenvalue weighted by molar-refractivity contribution is 5.18. The molecular formula is C12H14FN3. The topological polar surface area (TPSA) is 43.8 Å². The summed E-state index contributed by atoms with van der Waals surface area (Å²) in [5.74, 6) is -0.208. The Labute approximate surface area is 93.7 Å². The van der Waals surface area contributed by atoms with Crippen molar-refractivity contribution in [1.29, 1.82) is 0 Å². The van der Waals surface area contributed by atoms with Gasteiger partial charge in [-0.15, -0.1) is 0 Å². The second-order valence-corrected chi connectivity index (χ2v) is 3.85. The zero-order chi connectivity index (χ0) is 11.5. The van der Waals surface area contributed by atoms with E-state index in [0.29, 0.717) is 12.1 Å². The summed E-state index contributed by atoms with van der Waals surface area (Å²) in [6, 6.07) is 6.65. The molecule has 4 heteroatoms. The van der Waals surface area contributed by atoms with E-state index in [1.54, 1.807) is 23.0 Å². The zero-order valence-electron chi connectivity index (χ0n) is 9.10. The maximum absolute atomic E-state index is 13.4. The molecular weight excluding hydrogens is 205 g/mol. The number of nitrogens with zero attached hydrogens (tertiary/aromatic N) is 2. The Kier molecular flexibility index (Phi) is 3.01. The Morgan fingerprint density at radius 3 is 2.81 bits per heavy atom. The van der Waals surface area contributed by atoms with Gasteiger partial charge in [-0.05, 0) is 13.0 Å². The Morgan fingerprint density at radius 2 is 2.19 bits per heavy atom. The van der Waals surface area contributed by atoms with E-state index in [9.17, 15) is 4.39 Å². The smallest absolute Gasteiger partial charge is 0.128 e. The molecule has 0 aliphatic carbocycles. The van der Waals surface area contributed by atoms with Crippen molar-refractivity contribution in [2.45, 2.75) is 19.5 Å². The summed E-state index contributed by atoms with van der Waals surface area (Å²) in [5.41, 5.74) is 7.30. The minimum Gasteiger partial charge on any atom is -0.324 e. The summed E-state index contributed by atoms with van der Waals surface area (Å²) in [4.78, 5) is 0. The van der Waals surface area contributed by atoms with Crippen LogP contribution < -0.4 is 5.73 Å². The predicted molar refractivity (Wildman–Crippen MR) is 60.3 cm³/mol. The minimum absolute atomic E-state index is 0.0469. The summed E-state index contributed by atoms with van der Waals surface area (Å²) < 4.78 is 15.1. The number of hydrogen-bond acceptors (Lipinski definition) is 2. The van der Waals surface area contributed by atoms with Crippen LogP contribution in [0, 0.1) is 5.82 Å². The molecule has 2 rings (SSSR count). The second kappa shape index (κ2) is 4.45. The van der Waals surface area contributed by atoms with E-state index >= 15 is 0 Å². The van der Waals surface area contributed by atoms with Gasteiger partial charge in [-0.1, -0.05) is 18.2 Å². The van der Waals surface area contributed by atoms with Crippen molar-refractivity contribution >= 4 is 0 Å². The molecule has 1 aromatic carbocycles. The average molecular weight is 219 g/mol. The van der Waals surface area contributed by atoms with Gasteiger partial charge in [-0.2, -0.15) is 5.10 Å².